The minimum Gasteiger partial charge on any atom is -0.481 e. The summed E-state index contributed by atoms with van der Waals surface area (Å²) in [5.74, 6) is -0.395. The van der Waals surface area contributed by atoms with Gasteiger partial charge in [0, 0.05) is 31.3 Å². The number of amides is 2. The molecule has 2 amide bonds. The van der Waals surface area contributed by atoms with E-state index in [-0.39, 0.29) is 36.7 Å². The van der Waals surface area contributed by atoms with Crippen molar-refractivity contribution in [3.63, 3.8) is 0 Å². The molecule has 0 heterocycles. The van der Waals surface area contributed by atoms with E-state index in [1.165, 1.54) is 22.3 Å². The average molecular weight is 479 g/mol. The van der Waals surface area contributed by atoms with Crippen LogP contribution in [0.5, 0.6) is 0 Å². The van der Waals surface area contributed by atoms with Crippen LogP contribution in [-0.4, -0.2) is 42.8 Å². The number of carbonyl (C=O) groups excluding carboxylic acids is 2. The van der Waals surface area contributed by atoms with Crippen molar-refractivity contribution in [1.29, 1.82) is 0 Å². The lowest BCUT2D eigenvalue weighted by molar-refractivity contribution is -0.137. The monoisotopic (exact) mass is 478 g/mol. The molecule has 7 nitrogen and oxygen atoms in total. The first kappa shape index (κ1) is 24.8. The molecule has 186 valence electrons. The second-order valence-electron chi connectivity index (χ2n) is 9.60. The largest absolute Gasteiger partial charge is 0.481 e. The Kier molecular flexibility index (Phi) is 8.06. The first-order valence-electron chi connectivity index (χ1n) is 12.6. The number of hydrogen-bond donors (Lipinski definition) is 3. The van der Waals surface area contributed by atoms with Gasteiger partial charge in [-0.15, -0.1) is 0 Å². The van der Waals surface area contributed by atoms with Crippen LogP contribution < -0.4 is 10.6 Å². The summed E-state index contributed by atoms with van der Waals surface area (Å²) in [6.07, 6.45) is 2.79. The number of carboxylic acids is 1. The summed E-state index contributed by atoms with van der Waals surface area (Å²) in [5, 5.41) is 14.6. The van der Waals surface area contributed by atoms with Crippen LogP contribution in [0.2, 0.25) is 0 Å². The van der Waals surface area contributed by atoms with Gasteiger partial charge in [0.1, 0.15) is 6.61 Å². The van der Waals surface area contributed by atoms with E-state index in [0.717, 1.165) is 19.3 Å². The fraction of sp³-hybridized carbons (Fsp3) is 0.464. The number of benzene rings is 2. The SMILES string of the molecule is CCC(CCNC(=O)C1CC1CNC(=O)OCC1c2ccccc2-c2ccccc21)CCC(=O)O. The minimum absolute atomic E-state index is 0.0115. The van der Waals surface area contributed by atoms with Crippen LogP contribution in [0.25, 0.3) is 11.1 Å². The van der Waals surface area contributed by atoms with Crippen LogP contribution in [-0.2, 0) is 14.3 Å². The van der Waals surface area contributed by atoms with Gasteiger partial charge in [-0.3, -0.25) is 9.59 Å². The lowest BCUT2D eigenvalue weighted by Gasteiger charge is -2.15. The van der Waals surface area contributed by atoms with Crippen molar-refractivity contribution in [1.82, 2.24) is 10.6 Å². The minimum atomic E-state index is -0.780. The molecule has 3 N–H and O–H groups in total. The quantitative estimate of drug-likeness (QED) is 0.415. The molecule has 7 heteroatoms. The number of alkyl carbamates (subject to hydrolysis) is 1. The Labute approximate surface area is 206 Å². The Morgan fingerprint density at radius 2 is 1.66 bits per heavy atom. The zero-order chi connectivity index (χ0) is 24.8. The summed E-state index contributed by atoms with van der Waals surface area (Å²) >= 11 is 0. The van der Waals surface area contributed by atoms with Crippen molar-refractivity contribution in [2.24, 2.45) is 17.8 Å². The zero-order valence-corrected chi connectivity index (χ0v) is 20.2. The summed E-state index contributed by atoms with van der Waals surface area (Å²) < 4.78 is 5.56. The molecule has 1 saturated carbocycles. The second-order valence-corrected chi connectivity index (χ2v) is 9.60. The van der Waals surface area contributed by atoms with Crippen LogP contribution in [0.1, 0.15) is 56.1 Å². The number of carboxylic acid groups (broad SMARTS) is 1. The highest BCUT2D eigenvalue weighted by Gasteiger charge is 2.42. The van der Waals surface area contributed by atoms with Gasteiger partial charge >= 0.3 is 12.1 Å². The number of ether oxygens (including phenoxy) is 1. The molecule has 1 fully saturated rings. The van der Waals surface area contributed by atoms with Gasteiger partial charge in [-0.25, -0.2) is 4.79 Å². The van der Waals surface area contributed by atoms with Crippen molar-refractivity contribution < 1.29 is 24.2 Å². The van der Waals surface area contributed by atoms with E-state index in [0.29, 0.717) is 25.4 Å². The van der Waals surface area contributed by atoms with Crippen molar-refractivity contribution in [3.05, 3.63) is 59.7 Å². The summed E-state index contributed by atoms with van der Waals surface area (Å²) in [5.41, 5.74) is 4.73. The Morgan fingerprint density at radius 3 is 2.29 bits per heavy atom. The molecule has 2 aliphatic carbocycles. The molecule has 0 aromatic heterocycles. The molecular weight excluding hydrogens is 444 g/mol. The molecule has 0 radical (unpaired) electrons. The lowest BCUT2D eigenvalue weighted by Crippen LogP contribution is -2.31. The van der Waals surface area contributed by atoms with E-state index < -0.39 is 12.1 Å². The fourth-order valence-corrected chi connectivity index (χ4v) is 5.07. The van der Waals surface area contributed by atoms with Crippen molar-refractivity contribution in [2.75, 3.05) is 19.7 Å². The van der Waals surface area contributed by atoms with Gasteiger partial charge in [0.05, 0.1) is 0 Å². The van der Waals surface area contributed by atoms with Gasteiger partial charge in [-0.2, -0.15) is 0 Å². The topological polar surface area (TPSA) is 105 Å². The maximum atomic E-state index is 12.4. The lowest BCUT2D eigenvalue weighted by atomic mass is 9.96. The number of aliphatic carboxylic acids is 1. The summed E-state index contributed by atoms with van der Waals surface area (Å²) in [4.78, 5) is 35.5. The number of fused-ring (bicyclic) bond motifs is 3. The predicted molar refractivity (Wildman–Crippen MR) is 133 cm³/mol. The molecule has 4 rings (SSSR count). The van der Waals surface area contributed by atoms with Gasteiger partial charge in [-0.05, 0) is 53.4 Å². The van der Waals surface area contributed by atoms with E-state index in [9.17, 15) is 14.4 Å². The molecule has 2 aromatic carbocycles. The first-order chi connectivity index (χ1) is 17.0. The van der Waals surface area contributed by atoms with Crippen LogP contribution in [0.3, 0.4) is 0 Å². The highest BCUT2D eigenvalue weighted by atomic mass is 16.5. The van der Waals surface area contributed by atoms with Crippen molar-refractivity contribution in [2.45, 2.75) is 44.9 Å². The van der Waals surface area contributed by atoms with E-state index in [4.69, 9.17) is 9.84 Å². The third kappa shape index (κ3) is 6.21. The molecule has 0 aliphatic heterocycles. The van der Waals surface area contributed by atoms with Gasteiger partial charge in [0.15, 0.2) is 0 Å². The molecule has 0 spiro atoms. The first-order valence-corrected chi connectivity index (χ1v) is 12.6. The maximum Gasteiger partial charge on any atom is 0.407 e. The number of nitrogens with one attached hydrogen (secondary N) is 2. The van der Waals surface area contributed by atoms with E-state index in [2.05, 4.69) is 34.9 Å². The third-order valence-electron chi connectivity index (χ3n) is 7.31. The Hall–Kier alpha value is -3.35. The van der Waals surface area contributed by atoms with Crippen LogP contribution >= 0.6 is 0 Å². The number of rotatable bonds is 12. The van der Waals surface area contributed by atoms with Gasteiger partial charge in [-0.1, -0.05) is 61.9 Å². The van der Waals surface area contributed by atoms with Crippen LogP contribution in [0, 0.1) is 17.8 Å². The molecular formula is C28H34N2O5. The van der Waals surface area contributed by atoms with Crippen molar-refractivity contribution in [3.8, 4) is 11.1 Å². The van der Waals surface area contributed by atoms with E-state index in [1.807, 2.05) is 31.2 Å². The highest BCUT2D eigenvalue weighted by molar-refractivity contribution is 5.82. The summed E-state index contributed by atoms with van der Waals surface area (Å²) in [6.45, 7) is 3.29. The highest BCUT2D eigenvalue weighted by Crippen LogP contribution is 2.44. The Balaban J connectivity index is 1.16. The van der Waals surface area contributed by atoms with E-state index >= 15 is 0 Å². The third-order valence-corrected chi connectivity index (χ3v) is 7.31. The zero-order valence-electron chi connectivity index (χ0n) is 20.2. The molecule has 2 aromatic rings. The smallest absolute Gasteiger partial charge is 0.407 e. The summed E-state index contributed by atoms with van der Waals surface area (Å²) in [7, 11) is 0. The molecule has 3 atom stereocenters. The van der Waals surface area contributed by atoms with Crippen molar-refractivity contribution >= 4 is 18.0 Å². The molecule has 3 unspecified atom stereocenters. The normalized spacial score (nSPS) is 18.8. The second kappa shape index (κ2) is 11.4. The molecule has 0 bridgehead atoms. The molecule has 2 aliphatic rings. The summed E-state index contributed by atoms with van der Waals surface area (Å²) in [6, 6.07) is 16.4. The van der Waals surface area contributed by atoms with Gasteiger partial charge in [0.25, 0.3) is 0 Å². The molecule has 0 saturated heterocycles. The number of hydrogen-bond acceptors (Lipinski definition) is 4. The van der Waals surface area contributed by atoms with Crippen LogP contribution in [0.15, 0.2) is 48.5 Å². The van der Waals surface area contributed by atoms with E-state index in [1.54, 1.807) is 0 Å². The maximum absolute atomic E-state index is 12.4. The fourth-order valence-electron chi connectivity index (χ4n) is 5.07. The Morgan fingerprint density at radius 1 is 1.00 bits per heavy atom. The predicted octanol–water partition coefficient (Wildman–Crippen LogP) is 4.56. The number of carbonyl (C=O) groups is 3. The Bertz CT molecular complexity index is 1020. The van der Waals surface area contributed by atoms with Crippen LogP contribution in [0.4, 0.5) is 4.79 Å². The average Bonchev–Trinajstić information content (AvgIpc) is 3.58. The molecule has 35 heavy (non-hydrogen) atoms. The standard InChI is InChI=1S/C28H34N2O5/c1-2-18(11-12-26(31)32)13-14-29-27(33)24-15-19(24)16-30-28(34)35-17-25-22-9-5-3-7-20(22)21-8-4-6-10-23(21)25/h3-10,18-19,24-25H,2,11-17H2,1H3,(H,29,33)(H,30,34)(H,31,32). The van der Waals surface area contributed by atoms with Gasteiger partial charge in [0.2, 0.25) is 5.91 Å². The van der Waals surface area contributed by atoms with Gasteiger partial charge < -0.3 is 20.5 Å².